The quantitative estimate of drug-likeness (QED) is 0.895. The first-order valence-electron chi connectivity index (χ1n) is 9.23. The van der Waals surface area contributed by atoms with E-state index in [4.69, 9.17) is 0 Å². The molecule has 1 atom stereocenters. The minimum absolute atomic E-state index is 0.167. The van der Waals surface area contributed by atoms with Gasteiger partial charge in [-0.2, -0.15) is 0 Å². The summed E-state index contributed by atoms with van der Waals surface area (Å²) >= 11 is 0. The molecule has 3 nitrogen and oxygen atoms in total. The Hall–Kier alpha value is -1.13. The molecule has 2 heterocycles. The Balaban J connectivity index is 1.49. The van der Waals surface area contributed by atoms with Gasteiger partial charge in [-0.1, -0.05) is 6.92 Å². The highest BCUT2D eigenvalue weighted by molar-refractivity contribution is 5.43. The molecule has 0 amide bonds. The SMILES string of the molecule is CCCN1CCC(N2CCC[C@H](Nc3ccc(F)cc3)C2)CC1. The van der Waals surface area contributed by atoms with Crippen molar-refractivity contribution in [3.05, 3.63) is 30.1 Å². The van der Waals surface area contributed by atoms with E-state index in [0.717, 1.165) is 18.3 Å². The molecule has 0 aromatic heterocycles. The van der Waals surface area contributed by atoms with E-state index in [9.17, 15) is 4.39 Å². The summed E-state index contributed by atoms with van der Waals surface area (Å²) in [6.45, 7) is 8.38. The molecule has 0 unspecified atom stereocenters. The average Bonchev–Trinajstić information content (AvgIpc) is 2.58. The predicted molar refractivity (Wildman–Crippen MR) is 94.4 cm³/mol. The highest BCUT2D eigenvalue weighted by atomic mass is 19.1. The zero-order valence-corrected chi connectivity index (χ0v) is 14.3. The van der Waals surface area contributed by atoms with Crippen LogP contribution in [-0.4, -0.2) is 54.6 Å². The molecule has 0 aliphatic carbocycles. The van der Waals surface area contributed by atoms with Crippen LogP contribution in [0.1, 0.15) is 39.0 Å². The summed E-state index contributed by atoms with van der Waals surface area (Å²) in [6, 6.07) is 8.00. The highest BCUT2D eigenvalue weighted by Crippen LogP contribution is 2.23. The number of nitrogens with zero attached hydrogens (tertiary/aromatic N) is 2. The van der Waals surface area contributed by atoms with Crippen LogP contribution in [0.5, 0.6) is 0 Å². The van der Waals surface area contributed by atoms with Gasteiger partial charge < -0.3 is 10.2 Å². The third-order valence-electron chi connectivity index (χ3n) is 5.28. The molecule has 0 bridgehead atoms. The van der Waals surface area contributed by atoms with Gasteiger partial charge in [0.15, 0.2) is 0 Å². The fourth-order valence-electron chi connectivity index (χ4n) is 4.06. The summed E-state index contributed by atoms with van der Waals surface area (Å²) < 4.78 is 13.0. The molecule has 1 aromatic carbocycles. The monoisotopic (exact) mass is 319 g/mol. The summed E-state index contributed by atoms with van der Waals surface area (Å²) in [5, 5.41) is 3.59. The van der Waals surface area contributed by atoms with Gasteiger partial charge >= 0.3 is 0 Å². The number of piperidine rings is 2. The summed E-state index contributed by atoms with van der Waals surface area (Å²) in [5.74, 6) is -0.167. The van der Waals surface area contributed by atoms with Crippen LogP contribution in [0.25, 0.3) is 0 Å². The molecular weight excluding hydrogens is 289 g/mol. The molecule has 2 fully saturated rings. The van der Waals surface area contributed by atoms with Crippen LogP contribution < -0.4 is 5.32 Å². The van der Waals surface area contributed by atoms with E-state index in [-0.39, 0.29) is 5.82 Å². The first-order chi connectivity index (χ1) is 11.2. The van der Waals surface area contributed by atoms with E-state index in [1.807, 2.05) is 12.1 Å². The van der Waals surface area contributed by atoms with E-state index in [1.165, 1.54) is 70.4 Å². The van der Waals surface area contributed by atoms with Crippen LogP contribution >= 0.6 is 0 Å². The molecule has 3 rings (SSSR count). The zero-order chi connectivity index (χ0) is 16.1. The molecule has 2 aliphatic heterocycles. The van der Waals surface area contributed by atoms with Gasteiger partial charge in [-0.3, -0.25) is 4.90 Å². The van der Waals surface area contributed by atoms with Crippen molar-refractivity contribution < 1.29 is 4.39 Å². The molecule has 0 saturated carbocycles. The molecule has 4 heteroatoms. The minimum atomic E-state index is -0.167. The standard InChI is InChI=1S/C19H30FN3/c1-2-11-22-13-9-19(10-14-22)23-12-3-4-18(15-23)21-17-7-5-16(20)6-8-17/h5-8,18-19,21H,2-4,9-15H2,1H3/t18-/m0/s1. The summed E-state index contributed by atoms with van der Waals surface area (Å²) in [4.78, 5) is 5.29. The molecule has 2 aliphatic rings. The second-order valence-electron chi connectivity index (χ2n) is 7.06. The second kappa shape index (κ2) is 8.11. The van der Waals surface area contributed by atoms with E-state index < -0.39 is 0 Å². The first-order valence-corrected chi connectivity index (χ1v) is 9.23. The molecule has 2 saturated heterocycles. The second-order valence-corrected chi connectivity index (χ2v) is 7.06. The van der Waals surface area contributed by atoms with Crippen molar-refractivity contribution in [1.29, 1.82) is 0 Å². The van der Waals surface area contributed by atoms with Crippen molar-refractivity contribution in [3.63, 3.8) is 0 Å². The lowest BCUT2D eigenvalue weighted by Gasteiger charge is -2.42. The number of halogens is 1. The van der Waals surface area contributed by atoms with Crippen LogP contribution in [-0.2, 0) is 0 Å². The van der Waals surface area contributed by atoms with Gasteiger partial charge in [-0.05, 0) is 82.5 Å². The Bertz CT molecular complexity index is 468. The third kappa shape index (κ3) is 4.67. The van der Waals surface area contributed by atoms with E-state index in [1.54, 1.807) is 0 Å². The fraction of sp³-hybridized carbons (Fsp3) is 0.684. The van der Waals surface area contributed by atoms with Crippen LogP contribution in [0.4, 0.5) is 10.1 Å². The zero-order valence-electron chi connectivity index (χ0n) is 14.3. The Morgan fingerprint density at radius 1 is 1.09 bits per heavy atom. The fourth-order valence-corrected chi connectivity index (χ4v) is 4.06. The summed E-state index contributed by atoms with van der Waals surface area (Å²) in [5.41, 5.74) is 1.04. The van der Waals surface area contributed by atoms with Crippen LogP contribution in [0, 0.1) is 5.82 Å². The van der Waals surface area contributed by atoms with Crippen molar-refractivity contribution in [2.45, 2.75) is 51.1 Å². The van der Waals surface area contributed by atoms with Crippen LogP contribution in [0.2, 0.25) is 0 Å². The lowest BCUT2D eigenvalue weighted by molar-refractivity contribution is 0.0885. The molecule has 0 spiro atoms. The average molecular weight is 319 g/mol. The van der Waals surface area contributed by atoms with E-state index in [0.29, 0.717) is 6.04 Å². The first kappa shape index (κ1) is 16.7. The Labute approximate surface area is 139 Å². The van der Waals surface area contributed by atoms with Crippen molar-refractivity contribution in [2.24, 2.45) is 0 Å². The third-order valence-corrected chi connectivity index (χ3v) is 5.28. The van der Waals surface area contributed by atoms with E-state index >= 15 is 0 Å². The van der Waals surface area contributed by atoms with Gasteiger partial charge in [0.2, 0.25) is 0 Å². The lowest BCUT2D eigenvalue weighted by atomic mass is 9.97. The number of benzene rings is 1. The minimum Gasteiger partial charge on any atom is -0.381 e. The Kier molecular flexibility index (Phi) is 5.90. The molecule has 0 radical (unpaired) electrons. The molecule has 1 aromatic rings. The van der Waals surface area contributed by atoms with Gasteiger partial charge in [0.1, 0.15) is 5.82 Å². The molecule has 23 heavy (non-hydrogen) atoms. The number of hydrogen-bond donors (Lipinski definition) is 1. The number of likely N-dealkylation sites (tertiary alicyclic amines) is 2. The van der Waals surface area contributed by atoms with Gasteiger partial charge in [-0.25, -0.2) is 4.39 Å². The maximum absolute atomic E-state index is 13.0. The topological polar surface area (TPSA) is 18.5 Å². The maximum atomic E-state index is 13.0. The number of nitrogens with one attached hydrogen (secondary N) is 1. The maximum Gasteiger partial charge on any atom is 0.123 e. The smallest absolute Gasteiger partial charge is 0.123 e. The molecule has 1 N–H and O–H groups in total. The lowest BCUT2D eigenvalue weighted by Crippen LogP contribution is -2.51. The van der Waals surface area contributed by atoms with Gasteiger partial charge in [0, 0.05) is 24.3 Å². The normalized spacial score (nSPS) is 24.7. The highest BCUT2D eigenvalue weighted by Gasteiger charge is 2.28. The van der Waals surface area contributed by atoms with Gasteiger partial charge in [0.05, 0.1) is 0 Å². The van der Waals surface area contributed by atoms with Gasteiger partial charge in [0.25, 0.3) is 0 Å². The van der Waals surface area contributed by atoms with Gasteiger partial charge in [-0.15, -0.1) is 0 Å². The van der Waals surface area contributed by atoms with Crippen LogP contribution in [0.3, 0.4) is 0 Å². The number of hydrogen-bond acceptors (Lipinski definition) is 3. The Morgan fingerprint density at radius 2 is 1.83 bits per heavy atom. The van der Waals surface area contributed by atoms with Crippen molar-refractivity contribution in [3.8, 4) is 0 Å². The number of anilines is 1. The van der Waals surface area contributed by atoms with Crippen LogP contribution in [0.15, 0.2) is 24.3 Å². The molecule has 128 valence electrons. The predicted octanol–water partition coefficient (Wildman–Crippen LogP) is 3.58. The Morgan fingerprint density at radius 3 is 2.52 bits per heavy atom. The summed E-state index contributed by atoms with van der Waals surface area (Å²) in [7, 11) is 0. The van der Waals surface area contributed by atoms with Crippen molar-refractivity contribution in [1.82, 2.24) is 9.80 Å². The molecular formula is C19H30FN3. The van der Waals surface area contributed by atoms with Crippen molar-refractivity contribution >= 4 is 5.69 Å². The number of rotatable bonds is 5. The van der Waals surface area contributed by atoms with Crippen molar-refractivity contribution in [2.75, 3.05) is 38.0 Å². The van der Waals surface area contributed by atoms with E-state index in [2.05, 4.69) is 22.0 Å². The largest absolute Gasteiger partial charge is 0.381 e. The summed E-state index contributed by atoms with van der Waals surface area (Å²) in [6.07, 6.45) is 6.35.